The lowest BCUT2D eigenvalue weighted by molar-refractivity contribution is 0.0650. The highest BCUT2D eigenvalue weighted by molar-refractivity contribution is 6.10. The molecule has 0 radical (unpaired) electrons. The van der Waals surface area contributed by atoms with Crippen LogP contribution < -0.4 is 4.90 Å². The molecule has 0 aromatic heterocycles. The monoisotopic (exact) mass is 348 g/mol. The van der Waals surface area contributed by atoms with Gasteiger partial charge in [-0.05, 0) is 24.1 Å². The average molecular weight is 348 g/mol. The second kappa shape index (κ2) is 6.23. The smallest absolute Gasteiger partial charge is 0.266 e. The van der Waals surface area contributed by atoms with Gasteiger partial charge in [-0.1, -0.05) is 6.07 Å². The lowest BCUT2D eigenvalue weighted by atomic mass is 10.1. The quantitative estimate of drug-likeness (QED) is 0.784. The summed E-state index contributed by atoms with van der Waals surface area (Å²) in [6.45, 7) is 0.827. The molecule has 0 N–H and O–H groups in total. The number of halogens is 3. The van der Waals surface area contributed by atoms with Crippen molar-refractivity contribution in [1.82, 2.24) is 4.90 Å². The molecule has 0 unspecified atom stereocenters. The van der Waals surface area contributed by atoms with Crippen LogP contribution in [0.2, 0.25) is 0 Å². The number of benzene rings is 2. The summed E-state index contributed by atoms with van der Waals surface area (Å²) in [4.78, 5) is 27.4. The Bertz CT molecular complexity index is 860. The molecule has 0 bridgehead atoms. The van der Waals surface area contributed by atoms with Gasteiger partial charge < -0.3 is 4.90 Å². The first kappa shape index (κ1) is 17.0. The minimum atomic E-state index is -1.35. The number of carbonyl (C=O) groups is 2. The van der Waals surface area contributed by atoms with Crippen LogP contribution in [-0.2, 0) is 6.42 Å². The van der Waals surface area contributed by atoms with E-state index >= 15 is 0 Å². The van der Waals surface area contributed by atoms with Crippen molar-refractivity contribution in [2.24, 2.45) is 0 Å². The standard InChI is InChI=1S/C18H15F3N2O2/c1-22-6-5-10-3-4-11(7-15(10)22)17(24)23(2)18(25)16-13(20)8-12(19)9-14(16)21/h3-4,7-9H,5-6H2,1-2H3. The zero-order valence-electron chi connectivity index (χ0n) is 13.6. The van der Waals surface area contributed by atoms with Crippen LogP contribution in [0.1, 0.15) is 26.3 Å². The molecule has 1 aliphatic rings. The maximum Gasteiger partial charge on any atom is 0.266 e. The van der Waals surface area contributed by atoms with Crippen molar-refractivity contribution in [1.29, 1.82) is 0 Å². The molecule has 0 saturated carbocycles. The number of anilines is 1. The second-order valence-electron chi connectivity index (χ2n) is 5.93. The van der Waals surface area contributed by atoms with Gasteiger partial charge in [-0.15, -0.1) is 0 Å². The summed E-state index contributed by atoms with van der Waals surface area (Å²) in [5.74, 6) is -5.71. The molecule has 2 aromatic carbocycles. The van der Waals surface area contributed by atoms with Gasteiger partial charge in [0.2, 0.25) is 0 Å². The van der Waals surface area contributed by atoms with Crippen molar-refractivity contribution in [2.45, 2.75) is 6.42 Å². The van der Waals surface area contributed by atoms with E-state index in [1.54, 1.807) is 18.2 Å². The lowest BCUT2D eigenvalue weighted by Gasteiger charge is -2.18. The van der Waals surface area contributed by atoms with E-state index in [0.717, 1.165) is 31.3 Å². The fraction of sp³-hybridized carbons (Fsp3) is 0.222. The second-order valence-corrected chi connectivity index (χ2v) is 5.93. The summed E-state index contributed by atoms with van der Waals surface area (Å²) < 4.78 is 40.5. The van der Waals surface area contributed by atoms with E-state index in [1.807, 2.05) is 11.9 Å². The van der Waals surface area contributed by atoms with E-state index in [1.165, 1.54) is 0 Å². The Labute approximate surface area is 142 Å². The Balaban J connectivity index is 1.91. The predicted molar refractivity (Wildman–Crippen MR) is 86.2 cm³/mol. The molecule has 7 heteroatoms. The fourth-order valence-corrected chi connectivity index (χ4v) is 2.87. The molecule has 4 nitrogen and oxygen atoms in total. The van der Waals surface area contributed by atoms with Crippen LogP contribution in [-0.4, -0.2) is 37.4 Å². The van der Waals surface area contributed by atoms with Gasteiger partial charge in [0.05, 0.1) is 0 Å². The number of imide groups is 1. The molecule has 25 heavy (non-hydrogen) atoms. The highest BCUT2D eigenvalue weighted by atomic mass is 19.1. The highest BCUT2D eigenvalue weighted by Gasteiger charge is 2.27. The Morgan fingerprint density at radius 1 is 1.04 bits per heavy atom. The summed E-state index contributed by atoms with van der Waals surface area (Å²) in [7, 11) is 3.02. The summed E-state index contributed by atoms with van der Waals surface area (Å²) >= 11 is 0. The van der Waals surface area contributed by atoms with Gasteiger partial charge in [-0.25, -0.2) is 13.2 Å². The fourth-order valence-electron chi connectivity index (χ4n) is 2.87. The van der Waals surface area contributed by atoms with Crippen molar-refractivity contribution in [3.05, 3.63) is 64.5 Å². The van der Waals surface area contributed by atoms with Crippen LogP contribution in [0.25, 0.3) is 0 Å². The third-order valence-electron chi connectivity index (χ3n) is 4.29. The van der Waals surface area contributed by atoms with Crippen molar-refractivity contribution < 1.29 is 22.8 Å². The first-order valence-electron chi connectivity index (χ1n) is 7.60. The summed E-state index contributed by atoms with van der Waals surface area (Å²) in [6, 6.07) is 5.81. The SMILES string of the molecule is CN(C(=O)c1ccc2c(c1)N(C)CC2)C(=O)c1c(F)cc(F)cc1F. The normalized spacial score (nSPS) is 12.9. The van der Waals surface area contributed by atoms with E-state index in [-0.39, 0.29) is 5.56 Å². The molecule has 0 atom stereocenters. The minimum Gasteiger partial charge on any atom is -0.374 e. The van der Waals surface area contributed by atoms with Crippen LogP contribution >= 0.6 is 0 Å². The number of hydrogen-bond donors (Lipinski definition) is 0. The number of nitrogens with zero attached hydrogens (tertiary/aromatic N) is 2. The first-order valence-corrected chi connectivity index (χ1v) is 7.60. The summed E-state index contributed by atoms with van der Waals surface area (Å²) in [5.41, 5.74) is 1.23. The van der Waals surface area contributed by atoms with E-state index < -0.39 is 34.8 Å². The van der Waals surface area contributed by atoms with Crippen molar-refractivity contribution in [3.8, 4) is 0 Å². The van der Waals surface area contributed by atoms with Gasteiger partial charge >= 0.3 is 0 Å². The number of likely N-dealkylation sites (N-methyl/N-ethyl adjacent to an activating group) is 1. The molecule has 0 fully saturated rings. The molecule has 0 spiro atoms. The van der Waals surface area contributed by atoms with Gasteiger partial charge in [0.15, 0.2) is 0 Å². The Morgan fingerprint density at radius 2 is 1.68 bits per heavy atom. The van der Waals surface area contributed by atoms with Crippen LogP contribution in [0.4, 0.5) is 18.9 Å². The van der Waals surface area contributed by atoms with Gasteiger partial charge in [0, 0.05) is 44.0 Å². The number of rotatable bonds is 2. The molecule has 130 valence electrons. The van der Waals surface area contributed by atoms with E-state index in [0.29, 0.717) is 17.0 Å². The van der Waals surface area contributed by atoms with E-state index in [4.69, 9.17) is 0 Å². The predicted octanol–water partition coefficient (Wildman–Crippen LogP) is 3.01. The van der Waals surface area contributed by atoms with Gasteiger partial charge in [-0.3, -0.25) is 14.5 Å². The highest BCUT2D eigenvalue weighted by Crippen LogP contribution is 2.28. The summed E-state index contributed by atoms with van der Waals surface area (Å²) in [5, 5.41) is 0. The molecular formula is C18H15F3N2O2. The lowest BCUT2D eigenvalue weighted by Crippen LogP contribution is -2.34. The molecule has 2 aromatic rings. The molecule has 3 rings (SSSR count). The number of carbonyl (C=O) groups excluding carboxylic acids is 2. The molecular weight excluding hydrogens is 333 g/mol. The van der Waals surface area contributed by atoms with Gasteiger partial charge in [0.1, 0.15) is 23.0 Å². The van der Waals surface area contributed by atoms with Crippen molar-refractivity contribution in [3.63, 3.8) is 0 Å². The average Bonchev–Trinajstić information content (AvgIpc) is 2.93. The largest absolute Gasteiger partial charge is 0.374 e. The Kier molecular flexibility index (Phi) is 4.24. The van der Waals surface area contributed by atoms with Crippen LogP contribution in [0.15, 0.2) is 30.3 Å². The maximum absolute atomic E-state index is 13.8. The topological polar surface area (TPSA) is 40.6 Å². The zero-order valence-corrected chi connectivity index (χ0v) is 13.6. The first-order chi connectivity index (χ1) is 11.8. The maximum atomic E-state index is 13.8. The molecule has 1 heterocycles. The zero-order chi connectivity index (χ0) is 18.3. The third-order valence-corrected chi connectivity index (χ3v) is 4.29. The van der Waals surface area contributed by atoms with Gasteiger partial charge in [0.25, 0.3) is 11.8 Å². The number of fused-ring (bicyclic) bond motifs is 1. The van der Waals surface area contributed by atoms with Crippen LogP contribution in [0, 0.1) is 17.5 Å². The van der Waals surface area contributed by atoms with E-state index in [9.17, 15) is 22.8 Å². The van der Waals surface area contributed by atoms with Crippen molar-refractivity contribution in [2.75, 3.05) is 25.5 Å². The third kappa shape index (κ3) is 2.97. The summed E-state index contributed by atoms with van der Waals surface area (Å²) in [6.07, 6.45) is 0.862. The van der Waals surface area contributed by atoms with Crippen LogP contribution in [0.3, 0.4) is 0 Å². The molecule has 2 amide bonds. The Hall–Kier alpha value is -2.83. The van der Waals surface area contributed by atoms with Crippen LogP contribution in [0.5, 0.6) is 0 Å². The van der Waals surface area contributed by atoms with Crippen molar-refractivity contribution >= 4 is 17.5 Å². The minimum absolute atomic E-state index is 0.228. The molecule has 1 aliphatic heterocycles. The number of hydrogen-bond acceptors (Lipinski definition) is 3. The molecule has 0 saturated heterocycles. The van der Waals surface area contributed by atoms with Gasteiger partial charge in [-0.2, -0.15) is 0 Å². The number of amides is 2. The van der Waals surface area contributed by atoms with E-state index in [2.05, 4.69) is 0 Å². The molecule has 0 aliphatic carbocycles. The Morgan fingerprint density at radius 3 is 2.32 bits per heavy atom.